The molecule has 0 aliphatic carbocycles. The molecule has 0 atom stereocenters. The number of aliphatic hydroxyl groups excluding tert-OH is 2. The Bertz CT molecular complexity index is 622. The molecular weight excluding hydrogens is 593 g/mol. The second-order valence-electron chi connectivity index (χ2n) is 9.01. The van der Waals surface area contributed by atoms with E-state index in [0.29, 0.717) is 29.4 Å². The fraction of sp³-hybridized carbons (Fsp3) is 0.833. The van der Waals surface area contributed by atoms with E-state index in [1.165, 1.54) is 0 Å². The average Bonchev–Trinajstić information content (AvgIpc) is 2.91. The van der Waals surface area contributed by atoms with Gasteiger partial charge in [-0.25, -0.2) is 0 Å². The van der Waals surface area contributed by atoms with Crippen LogP contribution in [0.15, 0.2) is 0 Å². The first-order chi connectivity index (χ1) is 18.6. The Morgan fingerprint density at radius 2 is 0.872 bits per heavy atom. The zero-order valence-electron chi connectivity index (χ0n) is 22.1. The number of carbonyl (C=O) groups is 4. The lowest BCUT2D eigenvalue weighted by atomic mass is 9.85. The number of aliphatic hydroxyl groups is 2. The summed E-state index contributed by atoms with van der Waals surface area (Å²) in [6, 6.07) is 0. The minimum atomic E-state index is -1.20. The summed E-state index contributed by atoms with van der Waals surface area (Å²) in [5.41, 5.74) is -2.25. The molecule has 0 saturated heterocycles. The van der Waals surface area contributed by atoms with Crippen molar-refractivity contribution < 1.29 is 53.1 Å². The molecule has 11 nitrogen and oxygen atoms in total. The predicted molar refractivity (Wildman–Crippen MR) is 157 cm³/mol. The van der Waals surface area contributed by atoms with Crippen molar-refractivity contribution in [3.05, 3.63) is 0 Å². The summed E-state index contributed by atoms with van der Waals surface area (Å²) >= 11 is 16.0. The van der Waals surface area contributed by atoms with E-state index >= 15 is 0 Å². The molecule has 2 N–H and O–H groups in total. The van der Waals surface area contributed by atoms with Gasteiger partial charge < -0.3 is 33.9 Å². The van der Waals surface area contributed by atoms with Gasteiger partial charge in [-0.05, 0) is 12.8 Å². The van der Waals surface area contributed by atoms with E-state index < -0.39 is 47.9 Å². The molecule has 0 saturated carbocycles. The molecule has 0 heterocycles. The molecule has 0 aromatic heterocycles. The Balaban J connectivity index is 5.21. The molecule has 0 spiro atoms. The van der Waals surface area contributed by atoms with Crippen LogP contribution < -0.4 is 0 Å². The number of ether oxygens (including phenoxy) is 5. The van der Waals surface area contributed by atoms with Gasteiger partial charge in [-0.15, -0.1) is 0 Å². The van der Waals surface area contributed by atoms with Gasteiger partial charge in [0, 0.05) is 29.6 Å². The summed E-state index contributed by atoms with van der Waals surface area (Å²) in [4.78, 5) is 47.4. The van der Waals surface area contributed by atoms with Gasteiger partial charge >= 0.3 is 23.9 Å². The highest BCUT2D eigenvalue weighted by molar-refractivity contribution is 7.80. The van der Waals surface area contributed by atoms with E-state index in [1.54, 1.807) is 0 Å². The molecule has 15 heteroatoms. The largest absolute Gasteiger partial charge is 0.465 e. The molecule has 0 fully saturated rings. The van der Waals surface area contributed by atoms with Crippen molar-refractivity contribution in [2.24, 2.45) is 10.8 Å². The second kappa shape index (κ2) is 22.8. The quantitative estimate of drug-likeness (QED) is 0.0393. The number of rotatable bonds is 24. The van der Waals surface area contributed by atoms with E-state index in [2.05, 4.69) is 50.5 Å². The summed E-state index contributed by atoms with van der Waals surface area (Å²) in [5.74, 6) is -0.833. The molecule has 0 rings (SSSR count). The lowest BCUT2D eigenvalue weighted by Gasteiger charge is -2.32. The lowest BCUT2D eigenvalue weighted by molar-refractivity contribution is -0.160. The third kappa shape index (κ3) is 17.6. The highest BCUT2D eigenvalue weighted by atomic mass is 32.1. The first kappa shape index (κ1) is 38.2. The Morgan fingerprint density at radius 1 is 0.538 bits per heavy atom. The van der Waals surface area contributed by atoms with Gasteiger partial charge in [-0.2, -0.15) is 50.5 Å². The smallest absolute Gasteiger partial charge is 0.306 e. The number of carbonyl (C=O) groups excluding carboxylic acids is 4. The minimum absolute atomic E-state index is 0.0747. The number of esters is 4. The Hall–Kier alpha value is -0.840. The maximum Gasteiger partial charge on any atom is 0.306 e. The molecule has 0 unspecified atom stereocenters. The van der Waals surface area contributed by atoms with Gasteiger partial charge in [0.15, 0.2) is 0 Å². The van der Waals surface area contributed by atoms with Crippen LogP contribution in [0.25, 0.3) is 0 Å². The van der Waals surface area contributed by atoms with Crippen LogP contribution in [0.2, 0.25) is 0 Å². The van der Waals surface area contributed by atoms with Gasteiger partial charge in [-0.1, -0.05) is 0 Å². The minimum Gasteiger partial charge on any atom is -0.465 e. The zero-order valence-corrected chi connectivity index (χ0v) is 25.7. The van der Waals surface area contributed by atoms with E-state index in [-0.39, 0.29) is 71.7 Å². The number of thiol groups is 4. The van der Waals surface area contributed by atoms with Gasteiger partial charge in [-0.3, -0.25) is 19.2 Å². The molecular formula is C24H42O11S4. The monoisotopic (exact) mass is 634 g/mol. The van der Waals surface area contributed by atoms with E-state index in [0.717, 1.165) is 0 Å². The summed E-state index contributed by atoms with van der Waals surface area (Å²) in [7, 11) is 0. The van der Waals surface area contributed by atoms with Crippen molar-refractivity contribution in [2.75, 3.05) is 75.9 Å². The highest BCUT2D eigenvalue weighted by Crippen LogP contribution is 2.26. The first-order valence-corrected chi connectivity index (χ1v) is 15.0. The lowest BCUT2D eigenvalue weighted by Crippen LogP contribution is -2.42. The Morgan fingerprint density at radius 3 is 1.18 bits per heavy atom. The SMILES string of the molecule is O=C(CCS)OCC(CO)(CCCOCC(CO)(COC(=O)CCS)COC(=O)CCS)COC(=O)CCS. The van der Waals surface area contributed by atoms with Crippen molar-refractivity contribution >= 4 is 74.4 Å². The van der Waals surface area contributed by atoms with Crippen molar-refractivity contribution in [2.45, 2.75) is 38.5 Å². The van der Waals surface area contributed by atoms with Gasteiger partial charge in [0.05, 0.1) is 56.3 Å². The van der Waals surface area contributed by atoms with Crippen molar-refractivity contribution in [3.8, 4) is 0 Å². The van der Waals surface area contributed by atoms with Gasteiger partial charge in [0.25, 0.3) is 0 Å². The molecule has 228 valence electrons. The molecule has 0 aliphatic heterocycles. The molecule has 0 aromatic rings. The van der Waals surface area contributed by atoms with Crippen LogP contribution in [0.5, 0.6) is 0 Å². The number of hydrogen-bond donors (Lipinski definition) is 6. The van der Waals surface area contributed by atoms with Crippen LogP contribution in [0.4, 0.5) is 0 Å². The first-order valence-electron chi connectivity index (χ1n) is 12.5. The zero-order chi connectivity index (χ0) is 29.6. The second-order valence-corrected chi connectivity index (χ2v) is 10.8. The standard InChI is InChI=1S/C24H42O11S4/c25-12-23(15-32-19(27)2-8-36,16-33-20(28)3-9-37)6-1-7-31-14-24(13-26,17-34-21(29)4-10-38)18-35-22(30)5-11-39/h25-26,36-39H,1-18H2. The highest BCUT2D eigenvalue weighted by Gasteiger charge is 2.35. The topological polar surface area (TPSA) is 155 Å². The Kier molecular flexibility index (Phi) is 22.3. The van der Waals surface area contributed by atoms with Gasteiger partial charge in [0.2, 0.25) is 0 Å². The third-order valence-electron chi connectivity index (χ3n) is 5.50. The average molecular weight is 635 g/mol. The normalized spacial score (nSPS) is 11.6. The van der Waals surface area contributed by atoms with Crippen LogP contribution in [0.1, 0.15) is 38.5 Å². The van der Waals surface area contributed by atoms with Crippen molar-refractivity contribution in [3.63, 3.8) is 0 Å². The van der Waals surface area contributed by atoms with Crippen LogP contribution in [-0.2, 0) is 42.9 Å². The predicted octanol–water partition coefficient (Wildman–Crippen LogP) is 1.19. The van der Waals surface area contributed by atoms with Crippen LogP contribution in [-0.4, -0.2) is 110 Å². The molecule has 0 radical (unpaired) electrons. The van der Waals surface area contributed by atoms with E-state index in [9.17, 15) is 29.4 Å². The fourth-order valence-electron chi connectivity index (χ4n) is 3.04. The number of hydrogen-bond acceptors (Lipinski definition) is 15. The molecule has 0 amide bonds. The maximum absolute atomic E-state index is 11.9. The van der Waals surface area contributed by atoms with Crippen LogP contribution in [0.3, 0.4) is 0 Å². The fourth-order valence-corrected chi connectivity index (χ4v) is 3.77. The van der Waals surface area contributed by atoms with Gasteiger partial charge in [0.1, 0.15) is 26.4 Å². The van der Waals surface area contributed by atoms with Crippen LogP contribution in [0, 0.1) is 10.8 Å². The van der Waals surface area contributed by atoms with E-state index in [4.69, 9.17) is 23.7 Å². The van der Waals surface area contributed by atoms with Crippen LogP contribution >= 0.6 is 50.5 Å². The van der Waals surface area contributed by atoms with Crippen molar-refractivity contribution in [1.82, 2.24) is 0 Å². The summed E-state index contributed by atoms with van der Waals surface area (Å²) in [5, 5.41) is 20.2. The Labute approximate surface area is 252 Å². The molecule has 39 heavy (non-hydrogen) atoms. The summed E-state index contributed by atoms with van der Waals surface area (Å²) in [6.45, 7) is -1.71. The van der Waals surface area contributed by atoms with Crippen molar-refractivity contribution in [1.29, 1.82) is 0 Å². The summed E-state index contributed by atoms with van der Waals surface area (Å²) < 4.78 is 26.8. The van der Waals surface area contributed by atoms with E-state index in [1.807, 2.05) is 0 Å². The summed E-state index contributed by atoms with van der Waals surface area (Å²) in [6.07, 6.45) is 0.957. The molecule has 0 bridgehead atoms. The maximum atomic E-state index is 11.9. The molecule has 0 aromatic carbocycles. The third-order valence-corrected chi connectivity index (χ3v) is 6.39. The molecule has 0 aliphatic rings.